The van der Waals surface area contributed by atoms with Gasteiger partial charge in [-0.1, -0.05) is 0 Å². The molecular formula is C3H13GeN. The third-order valence-electron chi connectivity index (χ3n) is 0. The maximum atomic E-state index is 2.00. The van der Waals surface area contributed by atoms with E-state index >= 15 is 0 Å². The van der Waals surface area contributed by atoms with Crippen LogP contribution in [0.2, 0.25) is 0 Å². The Hall–Kier alpha value is 0.503. The van der Waals surface area contributed by atoms with Crippen molar-refractivity contribution < 1.29 is 0 Å². The van der Waals surface area contributed by atoms with E-state index in [9.17, 15) is 0 Å². The van der Waals surface area contributed by atoms with Crippen LogP contribution in [-0.4, -0.2) is 43.6 Å². The van der Waals surface area contributed by atoms with E-state index in [4.69, 9.17) is 0 Å². The molecule has 0 aromatic carbocycles. The fraction of sp³-hybridized carbons (Fsp3) is 1.00. The quantitative estimate of drug-likeness (QED) is 0.375. The Morgan fingerprint density at radius 2 is 1.00 bits per heavy atom. The van der Waals surface area contributed by atoms with Gasteiger partial charge in [-0.2, -0.15) is 0 Å². The first-order valence-corrected chi connectivity index (χ1v) is 1.34. The van der Waals surface area contributed by atoms with Crippen molar-refractivity contribution in [2.24, 2.45) is 0 Å². The van der Waals surface area contributed by atoms with Crippen molar-refractivity contribution in [1.82, 2.24) is 4.90 Å². The molecule has 0 unspecified atom stereocenters. The van der Waals surface area contributed by atoms with Crippen LogP contribution in [0.5, 0.6) is 0 Å². The molecule has 0 radical (unpaired) electrons. The third kappa shape index (κ3) is 112. The van der Waals surface area contributed by atoms with Gasteiger partial charge >= 0.3 is 17.6 Å². The summed E-state index contributed by atoms with van der Waals surface area (Å²) in [5, 5.41) is 0. The molecule has 0 atom stereocenters. The van der Waals surface area contributed by atoms with Gasteiger partial charge in [0.2, 0.25) is 0 Å². The molecule has 0 aliphatic carbocycles. The van der Waals surface area contributed by atoms with Crippen molar-refractivity contribution >= 4 is 17.6 Å². The van der Waals surface area contributed by atoms with Gasteiger partial charge in [-0.25, -0.2) is 0 Å². The molecule has 0 spiro atoms. The third-order valence-corrected chi connectivity index (χ3v) is 0. The molecule has 0 aliphatic heterocycles. The number of hydrogen-bond acceptors (Lipinski definition) is 1. The normalized spacial score (nSPS) is 7.20. The van der Waals surface area contributed by atoms with Gasteiger partial charge in [-0.3, -0.25) is 0 Å². The van der Waals surface area contributed by atoms with Gasteiger partial charge in [0.1, 0.15) is 0 Å². The molecule has 34 valence electrons. The van der Waals surface area contributed by atoms with Gasteiger partial charge < -0.3 is 4.90 Å². The van der Waals surface area contributed by atoms with Crippen molar-refractivity contribution in [2.45, 2.75) is 0 Å². The van der Waals surface area contributed by atoms with Crippen molar-refractivity contribution in [3.05, 3.63) is 0 Å². The number of nitrogens with zero attached hydrogens (tertiary/aromatic N) is 1. The summed E-state index contributed by atoms with van der Waals surface area (Å²) in [5.74, 6) is 0. The van der Waals surface area contributed by atoms with E-state index in [0.717, 1.165) is 0 Å². The van der Waals surface area contributed by atoms with Crippen LogP contribution >= 0.6 is 0 Å². The van der Waals surface area contributed by atoms with Gasteiger partial charge in [-0.15, -0.1) is 0 Å². The summed E-state index contributed by atoms with van der Waals surface area (Å²) in [6.45, 7) is 0. The Labute approximate surface area is 44.3 Å². The van der Waals surface area contributed by atoms with Crippen molar-refractivity contribution in [2.75, 3.05) is 21.1 Å². The predicted molar refractivity (Wildman–Crippen MR) is 30.9 cm³/mol. The van der Waals surface area contributed by atoms with E-state index in [1.807, 2.05) is 26.0 Å². The minimum absolute atomic E-state index is 0. The molecule has 1 nitrogen and oxygen atoms in total. The second-order valence-corrected chi connectivity index (χ2v) is 1.34. The van der Waals surface area contributed by atoms with Crippen molar-refractivity contribution in [1.29, 1.82) is 0 Å². The van der Waals surface area contributed by atoms with Crippen LogP contribution in [0.15, 0.2) is 0 Å². The topological polar surface area (TPSA) is 3.24 Å². The van der Waals surface area contributed by atoms with Crippen molar-refractivity contribution in [3.63, 3.8) is 0 Å². The van der Waals surface area contributed by atoms with E-state index < -0.39 is 0 Å². The molecule has 0 fully saturated rings. The molecular weight excluding hydrogens is 123 g/mol. The molecule has 0 bridgehead atoms. The minimum atomic E-state index is 0. The first kappa shape index (κ1) is 9.09. The molecule has 0 aromatic heterocycles. The van der Waals surface area contributed by atoms with Crippen LogP contribution in [0.1, 0.15) is 0 Å². The average Bonchev–Trinajstić information content (AvgIpc) is 0.811. The summed E-state index contributed by atoms with van der Waals surface area (Å²) in [4.78, 5) is 2.00. The summed E-state index contributed by atoms with van der Waals surface area (Å²) in [6, 6.07) is 0. The van der Waals surface area contributed by atoms with E-state index in [-0.39, 0.29) is 17.6 Å². The summed E-state index contributed by atoms with van der Waals surface area (Å²) >= 11 is 0. The Balaban J connectivity index is 0. The molecule has 0 aromatic rings. The molecule has 0 saturated heterocycles. The van der Waals surface area contributed by atoms with Crippen LogP contribution in [0.4, 0.5) is 0 Å². The van der Waals surface area contributed by atoms with Crippen LogP contribution in [0, 0.1) is 0 Å². The van der Waals surface area contributed by atoms with Gasteiger partial charge in [0.25, 0.3) is 0 Å². The number of rotatable bonds is 0. The molecule has 0 amide bonds. The average molecular weight is 136 g/mol. The Kier molecular flexibility index (Phi) is 8.19. The molecule has 0 aliphatic rings. The van der Waals surface area contributed by atoms with Crippen LogP contribution in [0.3, 0.4) is 0 Å². The molecule has 2 heteroatoms. The van der Waals surface area contributed by atoms with Crippen LogP contribution < -0.4 is 0 Å². The van der Waals surface area contributed by atoms with Crippen LogP contribution in [-0.2, 0) is 0 Å². The van der Waals surface area contributed by atoms with E-state index in [0.29, 0.717) is 0 Å². The number of hydrogen-bond donors (Lipinski definition) is 0. The SMILES string of the molecule is CN(C)C.[GeH4]. The Morgan fingerprint density at radius 3 is 1.00 bits per heavy atom. The van der Waals surface area contributed by atoms with Gasteiger partial charge in [0.05, 0.1) is 0 Å². The molecule has 0 N–H and O–H groups in total. The summed E-state index contributed by atoms with van der Waals surface area (Å²) in [7, 11) is 6.00. The van der Waals surface area contributed by atoms with E-state index in [2.05, 4.69) is 0 Å². The first-order valence-electron chi connectivity index (χ1n) is 1.34. The van der Waals surface area contributed by atoms with Crippen molar-refractivity contribution in [3.8, 4) is 0 Å². The molecule has 0 rings (SSSR count). The second kappa shape index (κ2) is 4.50. The molecule has 0 saturated carbocycles. The fourth-order valence-electron chi connectivity index (χ4n) is 0. The second-order valence-electron chi connectivity index (χ2n) is 1.34. The monoisotopic (exact) mass is 137 g/mol. The maximum absolute atomic E-state index is 2.00. The predicted octanol–water partition coefficient (Wildman–Crippen LogP) is -1.27. The zero-order chi connectivity index (χ0) is 3.58. The Morgan fingerprint density at radius 1 is 1.00 bits per heavy atom. The summed E-state index contributed by atoms with van der Waals surface area (Å²) in [5.41, 5.74) is 0. The summed E-state index contributed by atoms with van der Waals surface area (Å²) in [6.07, 6.45) is 0. The standard InChI is InChI=1S/C3H9N.GeH4/c1-4(2)3;/h1-3H3;1H4. The van der Waals surface area contributed by atoms with Gasteiger partial charge in [-0.05, 0) is 21.1 Å². The van der Waals surface area contributed by atoms with E-state index in [1.165, 1.54) is 0 Å². The summed E-state index contributed by atoms with van der Waals surface area (Å²) < 4.78 is 0. The first-order chi connectivity index (χ1) is 1.73. The van der Waals surface area contributed by atoms with Gasteiger partial charge in [0, 0.05) is 0 Å². The Bertz CT molecular complexity index is 11.6. The van der Waals surface area contributed by atoms with E-state index in [1.54, 1.807) is 0 Å². The van der Waals surface area contributed by atoms with Gasteiger partial charge in [0.15, 0.2) is 0 Å². The fourth-order valence-corrected chi connectivity index (χ4v) is 0. The zero-order valence-corrected chi connectivity index (χ0v) is 3.45. The zero-order valence-electron chi connectivity index (χ0n) is 3.45. The molecule has 5 heavy (non-hydrogen) atoms. The molecule has 0 heterocycles. The van der Waals surface area contributed by atoms with Crippen LogP contribution in [0.25, 0.3) is 0 Å².